The first kappa shape index (κ1) is 21.2. The molecular formula is C22H27N3O3S2. The van der Waals surface area contributed by atoms with Gasteiger partial charge in [-0.05, 0) is 49.2 Å². The summed E-state index contributed by atoms with van der Waals surface area (Å²) in [6.45, 7) is 8.53. The first-order valence-electron chi connectivity index (χ1n) is 10.2. The molecule has 0 saturated carbocycles. The van der Waals surface area contributed by atoms with Crippen molar-refractivity contribution in [1.29, 1.82) is 0 Å². The SMILES string of the molecule is CC(=O)N1CCSc2ccc(S(=O)(=O)N3CCN(c4cccc(C)c4C)CC3)cc21. The second kappa shape index (κ2) is 8.24. The predicted octanol–water partition coefficient (Wildman–Crippen LogP) is 3.27. The molecule has 2 aliphatic rings. The van der Waals surface area contributed by atoms with Gasteiger partial charge < -0.3 is 9.80 Å². The lowest BCUT2D eigenvalue weighted by atomic mass is 10.1. The number of benzene rings is 2. The van der Waals surface area contributed by atoms with Crippen molar-refractivity contribution in [3.63, 3.8) is 0 Å². The van der Waals surface area contributed by atoms with Crippen molar-refractivity contribution >= 4 is 39.1 Å². The van der Waals surface area contributed by atoms with E-state index in [1.807, 2.05) is 12.1 Å². The number of carbonyl (C=O) groups excluding carboxylic acids is 1. The molecule has 2 aromatic carbocycles. The molecule has 2 aliphatic heterocycles. The van der Waals surface area contributed by atoms with Crippen LogP contribution in [0.3, 0.4) is 0 Å². The molecule has 4 rings (SSSR count). The van der Waals surface area contributed by atoms with Gasteiger partial charge in [-0.25, -0.2) is 8.42 Å². The molecule has 0 N–H and O–H groups in total. The van der Waals surface area contributed by atoms with Gasteiger partial charge in [0, 0.05) is 56.0 Å². The predicted molar refractivity (Wildman–Crippen MR) is 122 cm³/mol. The number of hydrogen-bond acceptors (Lipinski definition) is 5. The summed E-state index contributed by atoms with van der Waals surface area (Å²) >= 11 is 1.66. The first-order chi connectivity index (χ1) is 14.3. The van der Waals surface area contributed by atoms with Gasteiger partial charge in [0.05, 0.1) is 10.6 Å². The molecule has 30 heavy (non-hydrogen) atoms. The summed E-state index contributed by atoms with van der Waals surface area (Å²) in [6, 6.07) is 11.4. The molecule has 2 aromatic rings. The van der Waals surface area contributed by atoms with Crippen LogP contribution >= 0.6 is 11.8 Å². The van der Waals surface area contributed by atoms with Crippen LogP contribution in [0.25, 0.3) is 0 Å². The number of anilines is 2. The fourth-order valence-electron chi connectivity index (χ4n) is 4.08. The van der Waals surface area contributed by atoms with Gasteiger partial charge in [-0.2, -0.15) is 4.31 Å². The zero-order valence-corrected chi connectivity index (χ0v) is 19.2. The Bertz CT molecular complexity index is 1080. The van der Waals surface area contributed by atoms with Crippen molar-refractivity contribution in [1.82, 2.24) is 4.31 Å². The number of carbonyl (C=O) groups is 1. The van der Waals surface area contributed by atoms with Crippen molar-refractivity contribution in [2.24, 2.45) is 0 Å². The molecule has 0 radical (unpaired) electrons. The van der Waals surface area contributed by atoms with Gasteiger partial charge in [0.15, 0.2) is 0 Å². The normalized spacial score (nSPS) is 17.7. The highest BCUT2D eigenvalue weighted by atomic mass is 32.2. The van der Waals surface area contributed by atoms with Gasteiger partial charge in [-0.15, -0.1) is 11.8 Å². The molecule has 0 aliphatic carbocycles. The van der Waals surface area contributed by atoms with Crippen LogP contribution in [0.4, 0.5) is 11.4 Å². The lowest BCUT2D eigenvalue weighted by Gasteiger charge is -2.36. The molecule has 1 amide bonds. The summed E-state index contributed by atoms with van der Waals surface area (Å²) in [6.07, 6.45) is 0. The van der Waals surface area contributed by atoms with E-state index in [1.165, 1.54) is 23.7 Å². The topological polar surface area (TPSA) is 60.9 Å². The Balaban J connectivity index is 1.55. The van der Waals surface area contributed by atoms with Crippen LogP contribution in [-0.4, -0.2) is 57.1 Å². The highest BCUT2D eigenvalue weighted by Crippen LogP contribution is 2.37. The van der Waals surface area contributed by atoms with Crippen LogP contribution in [0.5, 0.6) is 0 Å². The minimum absolute atomic E-state index is 0.0618. The average Bonchev–Trinajstić information content (AvgIpc) is 2.75. The minimum atomic E-state index is -3.61. The highest BCUT2D eigenvalue weighted by Gasteiger charge is 2.31. The van der Waals surface area contributed by atoms with Crippen LogP contribution in [0, 0.1) is 13.8 Å². The van der Waals surface area contributed by atoms with Gasteiger partial charge in [-0.1, -0.05) is 12.1 Å². The van der Waals surface area contributed by atoms with Crippen LogP contribution in [-0.2, 0) is 14.8 Å². The Morgan fingerprint density at radius 3 is 2.40 bits per heavy atom. The van der Waals surface area contributed by atoms with E-state index in [1.54, 1.807) is 33.1 Å². The molecule has 160 valence electrons. The van der Waals surface area contributed by atoms with E-state index < -0.39 is 10.0 Å². The van der Waals surface area contributed by atoms with Gasteiger partial charge in [0.25, 0.3) is 0 Å². The van der Waals surface area contributed by atoms with E-state index >= 15 is 0 Å². The number of piperazine rings is 1. The van der Waals surface area contributed by atoms with E-state index in [0.29, 0.717) is 38.4 Å². The molecule has 0 spiro atoms. The number of thioether (sulfide) groups is 1. The van der Waals surface area contributed by atoms with Crippen LogP contribution in [0.2, 0.25) is 0 Å². The molecule has 2 heterocycles. The molecule has 1 saturated heterocycles. The zero-order valence-electron chi connectivity index (χ0n) is 17.6. The third kappa shape index (κ3) is 3.84. The number of hydrogen-bond donors (Lipinski definition) is 0. The number of amides is 1. The smallest absolute Gasteiger partial charge is 0.243 e. The Morgan fingerprint density at radius 1 is 0.967 bits per heavy atom. The first-order valence-corrected chi connectivity index (χ1v) is 12.6. The highest BCUT2D eigenvalue weighted by molar-refractivity contribution is 7.99. The van der Waals surface area contributed by atoms with E-state index in [4.69, 9.17) is 0 Å². The van der Waals surface area contributed by atoms with Crippen molar-refractivity contribution in [2.45, 2.75) is 30.6 Å². The maximum atomic E-state index is 13.3. The van der Waals surface area contributed by atoms with E-state index in [9.17, 15) is 13.2 Å². The van der Waals surface area contributed by atoms with Gasteiger partial charge in [0.2, 0.25) is 15.9 Å². The van der Waals surface area contributed by atoms with E-state index in [2.05, 4.69) is 30.9 Å². The van der Waals surface area contributed by atoms with Gasteiger partial charge in [0.1, 0.15) is 0 Å². The number of nitrogens with zero attached hydrogens (tertiary/aromatic N) is 3. The summed E-state index contributed by atoms with van der Waals surface area (Å²) in [5, 5.41) is 0. The lowest BCUT2D eigenvalue weighted by molar-refractivity contribution is -0.116. The summed E-state index contributed by atoms with van der Waals surface area (Å²) in [5.74, 6) is 0.757. The van der Waals surface area contributed by atoms with Crippen molar-refractivity contribution < 1.29 is 13.2 Å². The number of fused-ring (bicyclic) bond motifs is 1. The molecule has 0 aromatic heterocycles. The van der Waals surface area contributed by atoms with Gasteiger partial charge >= 0.3 is 0 Å². The average molecular weight is 446 g/mol. The molecule has 1 fully saturated rings. The molecule has 0 atom stereocenters. The third-order valence-electron chi connectivity index (χ3n) is 5.97. The molecule has 0 bridgehead atoms. The second-order valence-electron chi connectivity index (χ2n) is 7.76. The molecule has 6 nitrogen and oxygen atoms in total. The fraction of sp³-hybridized carbons (Fsp3) is 0.409. The maximum absolute atomic E-state index is 13.3. The Kier molecular flexibility index (Phi) is 5.83. The third-order valence-corrected chi connectivity index (χ3v) is 8.90. The van der Waals surface area contributed by atoms with Crippen LogP contribution in [0.1, 0.15) is 18.1 Å². The van der Waals surface area contributed by atoms with Gasteiger partial charge in [-0.3, -0.25) is 4.79 Å². The lowest BCUT2D eigenvalue weighted by Crippen LogP contribution is -2.49. The van der Waals surface area contributed by atoms with Crippen LogP contribution < -0.4 is 9.80 Å². The standard InChI is InChI=1S/C22H27N3O3S2/c1-16-5-4-6-20(17(16)2)23-9-11-24(12-10-23)30(27,28)19-7-8-22-21(15-19)25(18(3)26)13-14-29-22/h4-8,15H,9-14H2,1-3H3. The zero-order chi connectivity index (χ0) is 21.5. The molecular weight excluding hydrogens is 418 g/mol. The monoisotopic (exact) mass is 445 g/mol. The van der Waals surface area contributed by atoms with E-state index in [-0.39, 0.29) is 10.8 Å². The fourth-order valence-corrected chi connectivity index (χ4v) is 6.50. The molecule has 8 heteroatoms. The second-order valence-corrected chi connectivity index (χ2v) is 10.8. The largest absolute Gasteiger partial charge is 0.369 e. The summed E-state index contributed by atoms with van der Waals surface area (Å²) in [7, 11) is -3.61. The maximum Gasteiger partial charge on any atom is 0.243 e. The van der Waals surface area contributed by atoms with Crippen molar-refractivity contribution in [2.75, 3.05) is 48.3 Å². The Morgan fingerprint density at radius 2 is 1.70 bits per heavy atom. The Labute approximate surface area is 182 Å². The summed E-state index contributed by atoms with van der Waals surface area (Å²) < 4.78 is 28.2. The van der Waals surface area contributed by atoms with Crippen LogP contribution in [0.15, 0.2) is 46.2 Å². The Hall–Kier alpha value is -2.03. The minimum Gasteiger partial charge on any atom is -0.369 e. The van der Waals surface area contributed by atoms with Crippen molar-refractivity contribution in [3.05, 3.63) is 47.5 Å². The number of rotatable bonds is 3. The molecule has 0 unspecified atom stereocenters. The van der Waals surface area contributed by atoms with E-state index in [0.717, 1.165) is 10.6 Å². The summed E-state index contributed by atoms with van der Waals surface area (Å²) in [5.41, 5.74) is 4.36. The summed E-state index contributed by atoms with van der Waals surface area (Å²) in [4.78, 5) is 17.1. The quantitative estimate of drug-likeness (QED) is 0.726. The number of aryl methyl sites for hydroxylation is 1. The van der Waals surface area contributed by atoms with Crippen molar-refractivity contribution in [3.8, 4) is 0 Å². The number of sulfonamides is 1.